The van der Waals surface area contributed by atoms with Crippen LogP contribution in [0, 0.1) is 20.8 Å². The minimum atomic E-state index is 0.690. The van der Waals surface area contributed by atoms with E-state index in [9.17, 15) is 0 Å². The van der Waals surface area contributed by atoms with Crippen LogP contribution in [0.2, 0.25) is 0 Å². The van der Waals surface area contributed by atoms with Crippen molar-refractivity contribution in [2.24, 2.45) is 0 Å². The molecule has 0 spiro atoms. The Morgan fingerprint density at radius 3 is 2.58 bits per heavy atom. The summed E-state index contributed by atoms with van der Waals surface area (Å²) < 4.78 is 5.45. The Hall–Kier alpha value is -3.38. The predicted octanol–water partition coefficient (Wildman–Crippen LogP) is 5.94. The molecule has 0 saturated heterocycles. The van der Waals surface area contributed by atoms with Crippen molar-refractivity contribution in [2.45, 2.75) is 33.7 Å². The van der Waals surface area contributed by atoms with E-state index in [1.165, 1.54) is 27.8 Å². The Balaban J connectivity index is 1.58. The van der Waals surface area contributed by atoms with E-state index in [1.54, 1.807) is 13.3 Å². The lowest BCUT2D eigenvalue weighted by molar-refractivity contribution is 0.415. The molecule has 0 unspecified atom stereocenters. The van der Waals surface area contributed by atoms with E-state index in [4.69, 9.17) is 17.0 Å². The Labute approximate surface area is 200 Å². The molecule has 2 N–H and O–H groups in total. The van der Waals surface area contributed by atoms with Gasteiger partial charge in [0.2, 0.25) is 0 Å². The molecule has 2 aromatic carbocycles. The predicted molar refractivity (Wildman–Crippen MR) is 140 cm³/mol. The fourth-order valence-electron chi connectivity index (χ4n) is 4.27. The van der Waals surface area contributed by atoms with Gasteiger partial charge in [-0.25, -0.2) is 0 Å². The van der Waals surface area contributed by atoms with Crippen LogP contribution in [0.1, 0.15) is 27.9 Å². The molecule has 4 rings (SSSR count). The molecule has 0 fully saturated rings. The van der Waals surface area contributed by atoms with E-state index in [-0.39, 0.29) is 0 Å². The number of H-pyrrole nitrogens is 1. The Kier molecular flexibility index (Phi) is 6.94. The van der Waals surface area contributed by atoms with Gasteiger partial charge in [0.25, 0.3) is 0 Å². The standard InChI is InChI=1S/C27H30N4OS/c1-18-12-19(2)14-22(13-18)30-27(33)31(17-21-6-5-10-28-16-21)11-9-24-20(3)29-26-8-7-23(32-4)15-25(24)26/h5-8,10,12-16,29H,9,11,17H2,1-4H3,(H,30,33). The highest BCUT2D eigenvalue weighted by atomic mass is 32.1. The van der Waals surface area contributed by atoms with Crippen molar-refractivity contribution in [3.8, 4) is 5.75 Å². The number of rotatable bonds is 7. The van der Waals surface area contributed by atoms with Gasteiger partial charge in [-0.2, -0.15) is 0 Å². The van der Waals surface area contributed by atoms with Gasteiger partial charge in [0.05, 0.1) is 7.11 Å². The molecule has 6 heteroatoms. The highest BCUT2D eigenvalue weighted by Crippen LogP contribution is 2.27. The van der Waals surface area contributed by atoms with Crippen LogP contribution in [0.5, 0.6) is 5.75 Å². The summed E-state index contributed by atoms with van der Waals surface area (Å²) in [7, 11) is 1.70. The second-order valence-electron chi connectivity index (χ2n) is 8.48. The number of methoxy groups -OCH3 is 1. The molecule has 33 heavy (non-hydrogen) atoms. The van der Waals surface area contributed by atoms with Gasteiger partial charge in [0.1, 0.15) is 5.75 Å². The van der Waals surface area contributed by atoms with Crippen LogP contribution in [0.15, 0.2) is 60.9 Å². The summed E-state index contributed by atoms with van der Waals surface area (Å²) in [6.45, 7) is 7.79. The van der Waals surface area contributed by atoms with Gasteiger partial charge < -0.3 is 19.9 Å². The fourth-order valence-corrected chi connectivity index (χ4v) is 4.54. The molecule has 0 amide bonds. The maximum Gasteiger partial charge on any atom is 0.173 e. The van der Waals surface area contributed by atoms with Gasteiger partial charge in [0.15, 0.2) is 5.11 Å². The number of anilines is 1. The number of aromatic nitrogens is 2. The topological polar surface area (TPSA) is 53.2 Å². The quantitative estimate of drug-likeness (QED) is 0.336. The third-order valence-corrected chi connectivity index (χ3v) is 6.18. The first-order chi connectivity index (χ1) is 15.9. The lowest BCUT2D eigenvalue weighted by Crippen LogP contribution is -2.36. The second-order valence-corrected chi connectivity index (χ2v) is 8.87. The molecule has 0 aliphatic rings. The molecule has 0 saturated carbocycles. The van der Waals surface area contributed by atoms with Gasteiger partial charge >= 0.3 is 0 Å². The van der Waals surface area contributed by atoms with Crippen molar-refractivity contribution in [2.75, 3.05) is 19.0 Å². The number of nitrogens with zero attached hydrogens (tertiary/aromatic N) is 2. The Morgan fingerprint density at radius 2 is 1.88 bits per heavy atom. The van der Waals surface area contributed by atoms with E-state index in [1.807, 2.05) is 18.3 Å². The first kappa shape index (κ1) is 22.8. The summed E-state index contributed by atoms with van der Waals surface area (Å²) in [6, 6.07) is 16.6. The number of aromatic amines is 1. The van der Waals surface area contributed by atoms with E-state index < -0.39 is 0 Å². The Morgan fingerprint density at radius 1 is 1.09 bits per heavy atom. The molecule has 0 atom stereocenters. The summed E-state index contributed by atoms with van der Waals surface area (Å²) in [4.78, 5) is 9.99. The first-order valence-electron chi connectivity index (χ1n) is 11.1. The molecule has 0 aliphatic heterocycles. The average molecular weight is 459 g/mol. The maximum atomic E-state index is 5.87. The van der Waals surface area contributed by atoms with E-state index in [2.05, 4.69) is 77.4 Å². The molecule has 0 aliphatic carbocycles. The number of benzene rings is 2. The summed E-state index contributed by atoms with van der Waals surface area (Å²) >= 11 is 5.87. The molecule has 4 aromatic rings. The number of fused-ring (bicyclic) bond motifs is 1. The van der Waals surface area contributed by atoms with Gasteiger partial charge in [0, 0.05) is 47.8 Å². The van der Waals surface area contributed by atoms with Crippen LogP contribution < -0.4 is 10.1 Å². The van der Waals surface area contributed by atoms with Crippen LogP contribution in [0.25, 0.3) is 10.9 Å². The van der Waals surface area contributed by atoms with E-state index in [0.29, 0.717) is 11.7 Å². The largest absolute Gasteiger partial charge is 0.497 e. The zero-order valence-electron chi connectivity index (χ0n) is 19.6. The number of ether oxygens (including phenoxy) is 1. The zero-order chi connectivity index (χ0) is 23.4. The second kappa shape index (κ2) is 10.0. The van der Waals surface area contributed by atoms with Crippen molar-refractivity contribution in [1.82, 2.24) is 14.9 Å². The number of hydrogen-bond donors (Lipinski definition) is 2. The smallest absolute Gasteiger partial charge is 0.173 e. The average Bonchev–Trinajstić information content (AvgIpc) is 3.10. The number of nitrogens with one attached hydrogen (secondary N) is 2. The summed E-state index contributed by atoms with van der Waals surface area (Å²) in [6.07, 6.45) is 4.55. The Bertz CT molecular complexity index is 1250. The number of aryl methyl sites for hydroxylation is 3. The molecule has 2 heterocycles. The number of hydrogen-bond acceptors (Lipinski definition) is 3. The van der Waals surface area contributed by atoms with Gasteiger partial charge in [-0.15, -0.1) is 0 Å². The van der Waals surface area contributed by atoms with Crippen molar-refractivity contribution in [1.29, 1.82) is 0 Å². The van der Waals surface area contributed by atoms with Gasteiger partial charge in [-0.05, 0) is 98.1 Å². The summed E-state index contributed by atoms with van der Waals surface area (Å²) in [5.74, 6) is 0.863. The van der Waals surface area contributed by atoms with E-state index in [0.717, 1.165) is 35.5 Å². The van der Waals surface area contributed by atoms with E-state index >= 15 is 0 Å². The maximum absolute atomic E-state index is 5.87. The SMILES string of the molecule is COc1ccc2[nH]c(C)c(CCN(Cc3cccnc3)C(=S)Nc3cc(C)cc(C)c3)c2c1. The minimum Gasteiger partial charge on any atom is -0.497 e. The molecule has 2 aromatic heterocycles. The monoisotopic (exact) mass is 458 g/mol. The van der Waals surface area contributed by atoms with Crippen LogP contribution in [0.3, 0.4) is 0 Å². The third-order valence-electron chi connectivity index (χ3n) is 5.81. The molecular weight excluding hydrogens is 428 g/mol. The number of thiocarbonyl (C=S) groups is 1. The van der Waals surface area contributed by atoms with Crippen molar-refractivity contribution < 1.29 is 4.74 Å². The van der Waals surface area contributed by atoms with Crippen molar-refractivity contribution >= 4 is 33.9 Å². The van der Waals surface area contributed by atoms with Gasteiger partial charge in [-0.3, -0.25) is 4.98 Å². The van der Waals surface area contributed by atoms with Gasteiger partial charge in [-0.1, -0.05) is 12.1 Å². The molecule has 5 nitrogen and oxygen atoms in total. The van der Waals surface area contributed by atoms with Crippen LogP contribution >= 0.6 is 12.2 Å². The zero-order valence-corrected chi connectivity index (χ0v) is 20.4. The first-order valence-corrected chi connectivity index (χ1v) is 11.5. The normalized spacial score (nSPS) is 10.9. The fraction of sp³-hybridized carbons (Fsp3) is 0.259. The molecule has 170 valence electrons. The van der Waals surface area contributed by atoms with Crippen molar-refractivity contribution in [3.05, 3.63) is 88.9 Å². The molecular formula is C27H30N4OS. The minimum absolute atomic E-state index is 0.690. The highest BCUT2D eigenvalue weighted by Gasteiger charge is 2.15. The van der Waals surface area contributed by atoms with Crippen LogP contribution in [-0.2, 0) is 13.0 Å². The lowest BCUT2D eigenvalue weighted by Gasteiger charge is -2.26. The summed E-state index contributed by atoms with van der Waals surface area (Å²) in [5, 5.41) is 5.36. The summed E-state index contributed by atoms with van der Waals surface area (Å²) in [5.41, 5.74) is 8.14. The van der Waals surface area contributed by atoms with Crippen molar-refractivity contribution in [3.63, 3.8) is 0 Å². The van der Waals surface area contributed by atoms with Crippen LogP contribution in [0.4, 0.5) is 5.69 Å². The molecule has 0 bridgehead atoms. The highest BCUT2D eigenvalue weighted by molar-refractivity contribution is 7.80. The molecule has 0 radical (unpaired) electrons. The lowest BCUT2D eigenvalue weighted by atomic mass is 10.1. The third kappa shape index (κ3) is 5.52. The number of pyridine rings is 1. The van der Waals surface area contributed by atoms with Crippen LogP contribution in [-0.4, -0.2) is 33.6 Å².